The van der Waals surface area contributed by atoms with Crippen LogP contribution in [0.4, 0.5) is 0 Å². The number of hydrogen-bond acceptors (Lipinski definition) is 5. The summed E-state index contributed by atoms with van der Waals surface area (Å²) in [6.45, 7) is 4.45. The number of hydrogen-bond donors (Lipinski definition) is 2. The Morgan fingerprint density at radius 2 is 2.05 bits per heavy atom. The van der Waals surface area contributed by atoms with Crippen molar-refractivity contribution in [3.8, 4) is 0 Å². The van der Waals surface area contributed by atoms with E-state index >= 15 is 0 Å². The van der Waals surface area contributed by atoms with Gasteiger partial charge >= 0.3 is 0 Å². The van der Waals surface area contributed by atoms with Crippen molar-refractivity contribution in [1.29, 1.82) is 0 Å². The van der Waals surface area contributed by atoms with Crippen molar-refractivity contribution in [2.75, 3.05) is 50.9 Å². The molecule has 2 heterocycles. The second-order valence-corrected chi connectivity index (χ2v) is 6.08. The summed E-state index contributed by atoms with van der Waals surface area (Å²) in [6.07, 6.45) is 2.14. The van der Waals surface area contributed by atoms with Gasteiger partial charge in [-0.2, -0.15) is 0 Å². The van der Waals surface area contributed by atoms with E-state index in [1.165, 1.54) is 11.8 Å². The van der Waals surface area contributed by atoms with Gasteiger partial charge in [-0.15, -0.1) is 24.2 Å². The van der Waals surface area contributed by atoms with Gasteiger partial charge in [0.05, 0.1) is 24.7 Å². The number of ether oxygens (including phenoxy) is 1. The maximum absolute atomic E-state index is 11.9. The molecule has 21 heavy (non-hydrogen) atoms. The van der Waals surface area contributed by atoms with Crippen LogP contribution in [0.25, 0.3) is 0 Å². The smallest absolute Gasteiger partial charge is 0.232 e. The summed E-state index contributed by atoms with van der Waals surface area (Å²) in [5, 5.41) is 6.27. The number of carbonyl (C=O) groups excluding carboxylic acids is 2. The average molecular weight is 338 g/mol. The molecule has 8 heteroatoms. The number of morpholine rings is 1. The molecule has 122 valence electrons. The highest BCUT2D eigenvalue weighted by molar-refractivity contribution is 8.00. The molecule has 0 saturated carbocycles. The van der Waals surface area contributed by atoms with E-state index < -0.39 is 0 Å². The molecule has 0 aromatic rings. The van der Waals surface area contributed by atoms with E-state index in [9.17, 15) is 9.59 Å². The molecule has 2 N–H and O–H groups in total. The van der Waals surface area contributed by atoms with Crippen molar-refractivity contribution in [2.24, 2.45) is 0 Å². The van der Waals surface area contributed by atoms with E-state index in [0.29, 0.717) is 37.8 Å². The first-order valence-electron chi connectivity index (χ1n) is 7.19. The molecule has 2 amide bonds. The molecular formula is C13H24ClN3O3S. The lowest BCUT2D eigenvalue weighted by molar-refractivity contribution is -0.132. The van der Waals surface area contributed by atoms with Gasteiger partial charge in [-0.3, -0.25) is 9.59 Å². The van der Waals surface area contributed by atoms with Gasteiger partial charge in [0.25, 0.3) is 0 Å². The topological polar surface area (TPSA) is 70.7 Å². The minimum atomic E-state index is 0. The fraction of sp³-hybridized carbons (Fsp3) is 0.846. The van der Waals surface area contributed by atoms with Crippen LogP contribution in [-0.4, -0.2) is 73.7 Å². The molecule has 0 bridgehead atoms. The van der Waals surface area contributed by atoms with E-state index in [0.717, 1.165) is 25.9 Å². The summed E-state index contributed by atoms with van der Waals surface area (Å²) in [5.41, 5.74) is 0. The Morgan fingerprint density at radius 3 is 2.71 bits per heavy atom. The van der Waals surface area contributed by atoms with Crippen LogP contribution >= 0.6 is 24.2 Å². The van der Waals surface area contributed by atoms with E-state index in [4.69, 9.17) is 4.74 Å². The van der Waals surface area contributed by atoms with Crippen LogP contribution in [-0.2, 0) is 14.3 Å². The number of piperidine rings is 1. The van der Waals surface area contributed by atoms with Crippen LogP contribution < -0.4 is 10.6 Å². The average Bonchev–Trinajstić information content (AvgIpc) is 2.49. The van der Waals surface area contributed by atoms with Crippen LogP contribution in [0.5, 0.6) is 0 Å². The highest BCUT2D eigenvalue weighted by Crippen LogP contribution is 2.06. The van der Waals surface area contributed by atoms with Gasteiger partial charge in [0.1, 0.15) is 0 Å². The van der Waals surface area contributed by atoms with Crippen molar-refractivity contribution in [2.45, 2.75) is 18.9 Å². The lowest BCUT2D eigenvalue weighted by atomic mass is 10.1. The first-order chi connectivity index (χ1) is 9.75. The summed E-state index contributed by atoms with van der Waals surface area (Å²) >= 11 is 1.39. The Morgan fingerprint density at radius 1 is 1.29 bits per heavy atom. The molecule has 2 aliphatic heterocycles. The highest BCUT2D eigenvalue weighted by atomic mass is 35.5. The van der Waals surface area contributed by atoms with Gasteiger partial charge in [-0.05, 0) is 19.4 Å². The van der Waals surface area contributed by atoms with Gasteiger partial charge in [0, 0.05) is 25.7 Å². The third kappa shape index (κ3) is 6.86. The van der Waals surface area contributed by atoms with Gasteiger partial charge in [0.2, 0.25) is 11.8 Å². The lowest BCUT2D eigenvalue weighted by Gasteiger charge is -2.26. The van der Waals surface area contributed by atoms with Crippen molar-refractivity contribution < 1.29 is 14.3 Å². The predicted octanol–water partition coefficient (Wildman–Crippen LogP) is -0.132. The summed E-state index contributed by atoms with van der Waals surface area (Å²) in [7, 11) is 0. The van der Waals surface area contributed by atoms with E-state index in [1.54, 1.807) is 4.90 Å². The molecule has 2 rings (SSSR count). The second kappa shape index (κ2) is 10.3. The maximum Gasteiger partial charge on any atom is 0.232 e. The summed E-state index contributed by atoms with van der Waals surface area (Å²) in [6, 6.07) is 0.242. The van der Waals surface area contributed by atoms with Gasteiger partial charge in [0.15, 0.2) is 0 Å². The molecule has 2 fully saturated rings. The normalized spacial score (nSPS) is 22.3. The number of nitrogens with one attached hydrogen (secondary N) is 2. The Bertz CT molecular complexity index is 335. The quantitative estimate of drug-likeness (QED) is 0.731. The number of carbonyl (C=O) groups is 2. The Hall–Kier alpha value is -0.500. The van der Waals surface area contributed by atoms with Crippen LogP contribution in [0.1, 0.15) is 12.8 Å². The minimum absolute atomic E-state index is 0. The van der Waals surface area contributed by atoms with Crippen molar-refractivity contribution in [3.05, 3.63) is 0 Å². The van der Waals surface area contributed by atoms with Gasteiger partial charge in [-0.25, -0.2) is 0 Å². The van der Waals surface area contributed by atoms with Gasteiger partial charge < -0.3 is 20.3 Å². The number of rotatable bonds is 5. The number of nitrogens with zero attached hydrogens (tertiary/aromatic N) is 1. The molecule has 0 spiro atoms. The van der Waals surface area contributed by atoms with E-state index in [-0.39, 0.29) is 30.3 Å². The number of amides is 2. The van der Waals surface area contributed by atoms with Crippen LogP contribution in [0, 0.1) is 0 Å². The third-order valence-corrected chi connectivity index (χ3v) is 4.40. The fourth-order valence-electron chi connectivity index (χ4n) is 2.38. The van der Waals surface area contributed by atoms with Crippen LogP contribution in [0.15, 0.2) is 0 Å². The zero-order chi connectivity index (χ0) is 14.2. The molecule has 1 atom stereocenters. The summed E-state index contributed by atoms with van der Waals surface area (Å²) < 4.78 is 5.21. The molecule has 0 aliphatic carbocycles. The van der Waals surface area contributed by atoms with E-state index in [1.807, 2.05) is 0 Å². The summed E-state index contributed by atoms with van der Waals surface area (Å²) in [5.74, 6) is 0.854. The monoisotopic (exact) mass is 337 g/mol. The molecule has 0 radical (unpaired) electrons. The Kier molecular flexibility index (Phi) is 9.07. The molecule has 0 aromatic carbocycles. The minimum Gasteiger partial charge on any atom is -0.378 e. The molecule has 0 aromatic heterocycles. The first-order valence-corrected chi connectivity index (χ1v) is 8.34. The van der Waals surface area contributed by atoms with Gasteiger partial charge in [-0.1, -0.05) is 0 Å². The second-order valence-electron chi connectivity index (χ2n) is 5.10. The third-order valence-electron chi connectivity index (χ3n) is 3.48. The predicted molar refractivity (Wildman–Crippen MR) is 86.0 cm³/mol. The fourth-order valence-corrected chi connectivity index (χ4v) is 3.11. The summed E-state index contributed by atoms with van der Waals surface area (Å²) in [4.78, 5) is 25.4. The van der Waals surface area contributed by atoms with Crippen molar-refractivity contribution in [3.63, 3.8) is 0 Å². The van der Waals surface area contributed by atoms with Crippen molar-refractivity contribution >= 4 is 36.0 Å². The largest absolute Gasteiger partial charge is 0.378 e. The zero-order valence-electron chi connectivity index (χ0n) is 12.1. The number of thioether (sulfide) groups is 1. The highest BCUT2D eigenvalue weighted by Gasteiger charge is 2.18. The standard InChI is InChI=1S/C13H23N3O3S.ClH/c17-12(15-11-2-1-3-14-8-11)9-20-10-13(18)16-4-6-19-7-5-16;/h11,14H,1-10H2,(H,15,17);1H/t11-;/m0./s1. The van der Waals surface area contributed by atoms with Crippen LogP contribution in [0.2, 0.25) is 0 Å². The molecule has 2 saturated heterocycles. The SMILES string of the molecule is Cl.O=C(CSCC(=O)N1CCOCC1)N[C@H]1CCCNC1. The maximum atomic E-state index is 11.9. The first kappa shape index (κ1) is 18.5. The molecule has 6 nitrogen and oxygen atoms in total. The Labute approximate surface area is 136 Å². The lowest BCUT2D eigenvalue weighted by Crippen LogP contribution is -2.46. The molecular weight excluding hydrogens is 314 g/mol. The van der Waals surface area contributed by atoms with Crippen LogP contribution in [0.3, 0.4) is 0 Å². The molecule has 0 unspecified atom stereocenters. The molecule has 2 aliphatic rings. The Balaban J connectivity index is 0.00000220. The van der Waals surface area contributed by atoms with Crippen molar-refractivity contribution in [1.82, 2.24) is 15.5 Å². The zero-order valence-corrected chi connectivity index (χ0v) is 13.8. The van der Waals surface area contributed by atoms with E-state index in [2.05, 4.69) is 10.6 Å². The number of halogens is 1.